The van der Waals surface area contributed by atoms with Crippen molar-refractivity contribution in [3.8, 4) is 0 Å². The molecule has 0 amide bonds. The molecule has 0 atom stereocenters. The largest absolute Gasteiger partial charge is 0.357 e. The molecule has 0 aromatic carbocycles. The topological polar surface area (TPSA) is 33.2 Å². The number of carbonyl (C=O) groups excluding carboxylic acids is 1. The van der Waals surface area contributed by atoms with E-state index in [0.717, 1.165) is 38.2 Å². The van der Waals surface area contributed by atoms with E-state index in [-0.39, 0.29) is 5.78 Å². The fourth-order valence-corrected chi connectivity index (χ4v) is 1.94. The van der Waals surface area contributed by atoms with Gasteiger partial charge in [-0.2, -0.15) is 0 Å². The van der Waals surface area contributed by atoms with E-state index < -0.39 is 0 Å². The summed E-state index contributed by atoms with van der Waals surface area (Å²) < 4.78 is 0. The van der Waals surface area contributed by atoms with Gasteiger partial charge in [0.1, 0.15) is 11.6 Å². The summed E-state index contributed by atoms with van der Waals surface area (Å²) in [5.41, 5.74) is 1.26. The van der Waals surface area contributed by atoms with Crippen LogP contribution in [-0.2, 0) is 11.2 Å². The van der Waals surface area contributed by atoms with Gasteiger partial charge in [0, 0.05) is 25.7 Å². The van der Waals surface area contributed by atoms with Crippen molar-refractivity contribution in [3.05, 3.63) is 23.9 Å². The molecule has 114 valence electrons. The fraction of sp³-hybridized carbons (Fsp3) is 0.647. The van der Waals surface area contributed by atoms with Gasteiger partial charge in [0.15, 0.2) is 0 Å². The van der Waals surface area contributed by atoms with E-state index in [0.29, 0.717) is 6.42 Å². The molecule has 3 heteroatoms. The zero-order valence-corrected chi connectivity index (χ0v) is 13.8. The lowest BCUT2D eigenvalue weighted by molar-refractivity contribution is -0.117. The lowest BCUT2D eigenvalue weighted by atomic mass is 10.2. The third-order valence-corrected chi connectivity index (χ3v) is 2.99. The molecule has 0 saturated carbocycles. The number of rotatable bonds is 8. The van der Waals surface area contributed by atoms with E-state index in [1.807, 2.05) is 20.0 Å². The Morgan fingerprint density at radius 1 is 1.20 bits per heavy atom. The van der Waals surface area contributed by atoms with Gasteiger partial charge in [-0.25, -0.2) is 4.98 Å². The zero-order valence-electron chi connectivity index (χ0n) is 13.8. The summed E-state index contributed by atoms with van der Waals surface area (Å²) >= 11 is 0. The monoisotopic (exact) mass is 278 g/mol. The van der Waals surface area contributed by atoms with Crippen LogP contribution in [0.25, 0.3) is 0 Å². The molecule has 0 unspecified atom stereocenters. The van der Waals surface area contributed by atoms with E-state index in [2.05, 4.69) is 35.9 Å². The Kier molecular flexibility index (Phi) is 10.7. The number of Topliss-reactive ketones (excluding diaryl/α,β-unsaturated/α-hetero) is 1. The van der Waals surface area contributed by atoms with Crippen LogP contribution >= 0.6 is 0 Å². The van der Waals surface area contributed by atoms with Gasteiger partial charge in [0.2, 0.25) is 0 Å². The quantitative estimate of drug-likeness (QED) is 0.712. The van der Waals surface area contributed by atoms with E-state index >= 15 is 0 Å². The van der Waals surface area contributed by atoms with Crippen LogP contribution < -0.4 is 4.90 Å². The minimum atomic E-state index is 0.265. The molecule has 0 bridgehead atoms. The molecule has 0 saturated heterocycles. The van der Waals surface area contributed by atoms with Crippen LogP contribution in [0.1, 0.15) is 59.4 Å². The molecule has 1 aromatic heterocycles. The van der Waals surface area contributed by atoms with Gasteiger partial charge < -0.3 is 9.69 Å². The SMILES string of the molecule is CC.CCCN(CCCC(C)=O)c1ccc(CC)cn1. The summed E-state index contributed by atoms with van der Waals surface area (Å²) in [6.45, 7) is 11.9. The number of hydrogen-bond acceptors (Lipinski definition) is 3. The second kappa shape index (κ2) is 11.4. The zero-order chi connectivity index (χ0) is 15.4. The van der Waals surface area contributed by atoms with Crippen LogP contribution in [0.3, 0.4) is 0 Å². The second-order valence-corrected chi connectivity index (χ2v) is 4.67. The Hall–Kier alpha value is -1.38. The van der Waals surface area contributed by atoms with E-state index in [1.165, 1.54) is 5.56 Å². The Morgan fingerprint density at radius 2 is 1.90 bits per heavy atom. The molecular formula is C17H30N2O. The van der Waals surface area contributed by atoms with Crippen LogP contribution in [0.4, 0.5) is 5.82 Å². The molecule has 0 aliphatic carbocycles. The highest BCUT2D eigenvalue weighted by Crippen LogP contribution is 2.13. The normalized spacial score (nSPS) is 9.65. The number of carbonyl (C=O) groups is 1. The maximum Gasteiger partial charge on any atom is 0.129 e. The van der Waals surface area contributed by atoms with Gasteiger partial charge >= 0.3 is 0 Å². The van der Waals surface area contributed by atoms with Crippen LogP contribution in [0.2, 0.25) is 0 Å². The molecule has 0 N–H and O–H groups in total. The number of pyridine rings is 1. The number of anilines is 1. The van der Waals surface area contributed by atoms with E-state index in [9.17, 15) is 4.79 Å². The molecule has 0 spiro atoms. The minimum Gasteiger partial charge on any atom is -0.357 e. The predicted octanol–water partition coefficient (Wildman–Crippen LogP) is 4.26. The second-order valence-electron chi connectivity index (χ2n) is 4.67. The van der Waals surface area contributed by atoms with Crippen LogP contribution in [-0.4, -0.2) is 23.9 Å². The summed E-state index contributed by atoms with van der Waals surface area (Å²) in [6.07, 6.45) is 5.63. The Bertz CT molecular complexity index is 360. The van der Waals surface area contributed by atoms with Crippen molar-refractivity contribution in [3.63, 3.8) is 0 Å². The predicted molar refractivity (Wildman–Crippen MR) is 87.4 cm³/mol. The molecule has 0 aliphatic heterocycles. The standard InChI is InChI=1S/C15H24N2O.C2H6/c1-4-10-17(11-6-7-13(3)18)15-9-8-14(5-2)12-16-15;1-2/h8-9,12H,4-7,10-11H2,1-3H3;1-2H3. The average molecular weight is 278 g/mol. The minimum absolute atomic E-state index is 0.265. The van der Waals surface area contributed by atoms with Crippen molar-refractivity contribution in [1.29, 1.82) is 0 Å². The van der Waals surface area contributed by atoms with Crippen molar-refractivity contribution >= 4 is 11.6 Å². The number of nitrogens with zero attached hydrogens (tertiary/aromatic N) is 2. The molecule has 1 aromatic rings. The van der Waals surface area contributed by atoms with Gasteiger partial charge in [-0.1, -0.05) is 33.8 Å². The first-order valence-corrected chi connectivity index (χ1v) is 7.86. The molecule has 1 rings (SSSR count). The highest BCUT2D eigenvalue weighted by atomic mass is 16.1. The first-order chi connectivity index (χ1) is 9.67. The average Bonchev–Trinajstić information content (AvgIpc) is 2.48. The van der Waals surface area contributed by atoms with Crippen LogP contribution in [0.5, 0.6) is 0 Å². The Labute approximate surface area is 124 Å². The molecule has 0 radical (unpaired) electrons. The molecule has 1 heterocycles. The summed E-state index contributed by atoms with van der Waals surface area (Å²) in [4.78, 5) is 17.7. The highest BCUT2D eigenvalue weighted by molar-refractivity contribution is 5.75. The van der Waals surface area contributed by atoms with Gasteiger partial charge in [-0.3, -0.25) is 0 Å². The van der Waals surface area contributed by atoms with Crippen molar-refractivity contribution in [2.45, 2.75) is 60.3 Å². The molecule has 0 fully saturated rings. The van der Waals surface area contributed by atoms with Gasteiger partial charge in [0.25, 0.3) is 0 Å². The fourth-order valence-electron chi connectivity index (χ4n) is 1.94. The number of ketones is 1. The van der Waals surface area contributed by atoms with Gasteiger partial charge in [-0.15, -0.1) is 0 Å². The molecular weight excluding hydrogens is 248 g/mol. The maximum atomic E-state index is 11.0. The van der Waals surface area contributed by atoms with E-state index in [4.69, 9.17) is 0 Å². The highest BCUT2D eigenvalue weighted by Gasteiger charge is 2.07. The van der Waals surface area contributed by atoms with Crippen LogP contribution in [0.15, 0.2) is 18.3 Å². The third kappa shape index (κ3) is 7.27. The summed E-state index contributed by atoms with van der Waals surface area (Å²) in [6, 6.07) is 4.22. The number of aromatic nitrogens is 1. The molecule has 3 nitrogen and oxygen atoms in total. The van der Waals surface area contributed by atoms with Gasteiger partial charge in [0.05, 0.1) is 0 Å². The van der Waals surface area contributed by atoms with Crippen molar-refractivity contribution in [1.82, 2.24) is 4.98 Å². The number of aryl methyl sites for hydroxylation is 1. The van der Waals surface area contributed by atoms with Gasteiger partial charge in [-0.05, 0) is 37.8 Å². The summed E-state index contributed by atoms with van der Waals surface area (Å²) in [5.74, 6) is 1.29. The Morgan fingerprint density at radius 3 is 2.35 bits per heavy atom. The van der Waals surface area contributed by atoms with E-state index in [1.54, 1.807) is 6.92 Å². The third-order valence-electron chi connectivity index (χ3n) is 2.99. The first kappa shape index (κ1) is 18.6. The first-order valence-electron chi connectivity index (χ1n) is 7.86. The lowest BCUT2D eigenvalue weighted by Gasteiger charge is -2.23. The molecule has 0 aliphatic rings. The lowest BCUT2D eigenvalue weighted by Crippen LogP contribution is -2.26. The smallest absolute Gasteiger partial charge is 0.129 e. The summed E-state index contributed by atoms with van der Waals surface area (Å²) in [5, 5.41) is 0. The van der Waals surface area contributed by atoms with Crippen molar-refractivity contribution in [2.24, 2.45) is 0 Å². The molecule has 20 heavy (non-hydrogen) atoms. The number of hydrogen-bond donors (Lipinski definition) is 0. The van der Waals surface area contributed by atoms with Crippen molar-refractivity contribution < 1.29 is 4.79 Å². The van der Waals surface area contributed by atoms with Crippen molar-refractivity contribution in [2.75, 3.05) is 18.0 Å². The van der Waals surface area contributed by atoms with Crippen LogP contribution in [0, 0.1) is 0 Å². The maximum absolute atomic E-state index is 11.0. The summed E-state index contributed by atoms with van der Waals surface area (Å²) in [7, 11) is 0. The Balaban J connectivity index is 0.00000172.